The number of nitrogens with zero attached hydrogens (tertiary/aromatic N) is 3. The lowest BCUT2D eigenvalue weighted by atomic mass is 10.2. The molecule has 2 aromatic heterocycles. The quantitative estimate of drug-likeness (QED) is 0.712. The van der Waals surface area contributed by atoms with Crippen LogP contribution >= 0.6 is 15.9 Å². The van der Waals surface area contributed by atoms with Crippen LogP contribution in [0.2, 0.25) is 0 Å². The van der Waals surface area contributed by atoms with E-state index >= 15 is 0 Å². The number of benzene rings is 1. The molecule has 0 N–H and O–H groups in total. The van der Waals surface area contributed by atoms with E-state index in [-0.39, 0.29) is 5.82 Å². The summed E-state index contributed by atoms with van der Waals surface area (Å²) in [6.07, 6.45) is 3.49. The molecule has 0 saturated carbocycles. The van der Waals surface area contributed by atoms with Gasteiger partial charge in [-0.05, 0) is 52.7 Å². The third-order valence-electron chi connectivity index (χ3n) is 3.33. The number of rotatable bonds is 3. The highest BCUT2D eigenvalue weighted by molar-refractivity contribution is 9.10. The molecule has 0 saturated heterocycles. The maximum absolute atomic E-state index is 13.0. The van der Waals surface area contributed by atoms with Crippen LogP contribution in [0.4, 0.5) is 4.39 Å². The van der Waals surface area contributed by atoms with Crippen molar-refractivity contribution in [3.05, 3.63) is 70.3 Å². The Hall–Kier alpha value is -2.01. The van der Waals surface area contributed by atoms with Crippen LogP contribution in [0, 0.1) is 12.7 Å². The van der Waals surface area contributed by atoms with Crippen LogP contribution in [0.25, 0.3) is 11.3 Å². The predicted octanol–water partition coefficient (Wildman–Crippen LogP) is 4.20. The van der Waals surface area contributed by atoms with Gasteiger partial charge in [-0.1, -0.05) is 12.1 Å². The molecule has 3 nitrogen and oxygen atoms in total. The summed E-state index contributed by atoms with van der Waals surface area (Å²) in [5.74, 6) is -0.227. The van der Waals surface area contributed by atoms with Crippen LogP contribution < -0.4 is 0 Å². The summed E-state index contributed by atoms with van der Waals surface area (Å²) in [4.78, 5) is 4.02. The third-order valence-corrected chi connectivity index (χ3v) is 4.28. The molecular formula is C16H13BrFN3. The van der Waals surface area contributed by atoms with E-state index in [9.17, 15) is 4.39 Å². The molecule has 0 bridgehead atoms. The zero-order valence-electron chi connectivity index (χ0n) is 11.4. The molecule has 21 heavy (non-hydrogen) atoms. The average molecular weight is 346 g/mol. The van der Waals surface area contributed by atoms with E-state index in [0.29, 0.717) is 6.54 Å². The van der Waals surface area contributed by atoms with Crippen molar-refractivity contribution in [2.75, 3.05) is 0 Å². The Balaban J connectivity index is 1.95. The summed E-state index contributed by atoms with van der Waals surface area (Å²) >= 11 is 3.60. The summed E-state index contributed by atoms with van der Waals surface area (Å²) in [7, 11) is 0. The van der Waals surface area contributed by atoms with Crippen molar-refractivity contribution in [3.8, 4) is 11.3 Å². The fraction of sp³-hybridized carbons (Fsp3) is 0.125. The Morgan fingerprint density at radius 3 is 2.43 bits per heavy atom. The van der Waals surface area contributed by atoms with Crippen molar-refractivity contribution < 1.29 is 4.39 Å². The fourth-order valence-corrected chi connectivity index (χ4v) is 2.65. The second-order valence-corrected chi connectivity index (χ2v) is 5.56. The largest absolute Gasteiger partial charge is 0.265 e. The number of hydrogen-bond donors (Lipinski definition) is 0. The summed E-state index contributed by atoms with van der Waals surface area (Å²) in [5.41, 5.74) is 3.94. The SMILES string of the molecule is Cc1c(Br)c(-c2ccncc2)nn1Cc1ccc(F)cc1. The van der Waals surface area contributed by atoms with Crippen LogP contribution in [0.5, 0.6) is 0 Å². The number of pyridine rings is 1. The highest BCUT2D eigenvalue weighted by Gasteiger charge is 2.14. The van der Waals surface area contributed by atoms with E-state index < -0.39 is 0 Å². The first-order valence-electron chi connectivity index (χ1n) is 6.53. The molecule has 0 aliphatic carbocycles. The molecule has 106 valence electrons. The third kappa shape index (κ3) is 2.88. The minimum atomic E-state index is -0.227. The maximum atomic E-state index is 13.0. The van der Waals surface area contributed by atoms with Crippen molar-refractivity contribution in [3.63, 3.8) is 0 Å². The normalized spacial score (nSPS) is 10.8. The van der Waals surface area contributed by atoms with Gasteiger partial charge in [0.15, 0.2) is 0 Å². The number of aromatic nitrogens is 3. The maximum Gasteiger partial charge on any atom is 0.123 e. The number of halogens is 2. The van der Waals surface area contributed by atoms with Crippen molar-refractivity contribution in [2.45, 2.75) is 13.5 Å². The molecule has 0 unspecified atom stereocenters. The topological polar surface area (TPSA) is 30.7 Å². The van der Waals surface area contributed by atoms with E-state index in [2.05, 4.69) is 26.0 Å². The second-order valence-electron chi connectivity index (χ2n) is 4.77. The minimum absolute atomic E-state index is 0.227. The second kappa shape index (κ2) is 5.77. The molecule has 3 aromatic rings. The van der Waals surface area contributed by atoms with Crippen LogP contribution in [0.15, 0.2) is 53.3 Å². The standard InChI is InChI=1S/C16H13BrFN3/c1-11-15(17)16(13-6-8-19-9-7-13)20-21(11)10-12-2-4-14(18)5-3-12/h2-9H,10H2,1H3. The lowest BCUT2D eigenvalue weighted by Crippen LogP contribution is -2.03. The van der Waals surface area contributed by atoms with Gasteiger partial charge < -0.3 is 0 Å². The minimum Gasteiger partial charge on any atom is -0.265 e. The van der Waals surface area contributed by atoms with Crippen molar-refractivity contribution in [2.24, 2.45) is 0 Å². The predicted molar refractivity (Wildman–Crippen MR) is 83.4 cm³/mol. The van der Waals surface area contributed by atoms with E-state index in [4.69, 9.17) is 0 Å². The Bertz CT molecular complexity index is 751. The van der Waals surface area contributed by atoms with Crippen LogP contribution in [-0.4, -0.2) is 14.8 Å². The van der Waals surface area contributed by atoms with Crippen LogP contribution in [0.3, 0.4) is 0 Å². The lowest BCUT2D eigenvalue weighted by Gasteiger charge is -2.04. The van der Waals surface area contributed by atoms with E-state index in [1.165, 1.54) is 12.1 Å². The molecule has 0 aliphatic heterocycles. The Kier molecular flexibility index (Phi) is 3.84. The highest BCUT2D eigenvalue weighted by Crippen LogP contribution is 2.29. The summed E-state index contributed by atoms with van der Waals surface area (Å²) < 4.78 is 15.8. The van der Waals surface area contributed by atoms with Gasteiger partial charge in [-0.2, -0.15) is 5.10 Å². The zero-order valence-corrected chi connectivity index (χ0v) is 13.0. The Labute approximate surface area is 130 Å². The first-order chi connectivity index (χ1) is 10.1. The van der Waals surface area contributed by atoms with Crippen molar-refractivity contribution in [1.82, 2.24) is 14.8 Å². The molecular weight excluding hydrogens is 333 g/mol. The van der Waals surface area contributed by atoms with Gasteiger partial charge in [0.2, 0.25) is 0 Å². The first-order valence-corrected chi connectivity index (χ1v) is 7.32. The van der Waals surface area contributed by atoms with Crippen LogP contribution in [-0.2, 0) is 6.54 Å². The molecule has 0 fully saturated rings. The molecule has 0 amide bonds. The summed E-state index contributed by atoms with van der Waals surface area (Å²) in [5, 5.41) is 4.65. The van der Waals surface area contributed by atoms with E-state index in [0.717, 1.165) is 27.0 Å². The molecule has 0 atom stereocenters. The van der Waals surface area contributed by atoms with E-state index in [1.54, 1.807) is 24.5 Å². The summed E-state index contributed by atoms with van der Waals surface area (Å²) in [6.45, 7) is 2.61. The van der Waals surface area contributed by atoms with Gasteiger partial charge in [-0.25, -0.2) is 4.39 Å². The zero-order chi connectivity index (χ0) is 14.8. The van der Waals surface area contributed by atoms with Gasteiger partial charge >= 0.3 is 0 Å². The Morgan fingerprint density at radius 1 is 1.10 bits per heavy atom. The van der Waals surface area contributed by atoms with Gasteiger partial charge in [-0.15, -0.1) is 0 Å². The molecule has 0 spiro atoms. The molecule has 1 aromatic carbocycles. The average Bonchev–Trinajstić information content (AvgIpc) is 2.79. The van der Waals surface area contributed by atoms with Gasteiger partial charge in [0, 0.05) is 18.0 Å². The van der Waals surface area contributed by atoms with Crippen LogP contribution in [0.1, 0.15) is 11.3 Å². The van der Waals surface area contributed by atoms with Crippen molar-refractivity contribution in [1.29, 1.82) is 0 Å². The molecule has 0 radical (unpaired) electrons. The van der Waals surface area contributed by atoms with E-state index in [1.807, 2.05) is 23.7 Å². The Morgan fingerprint density at radius 2 is 1.76 bits per heavy atom. The molecule has 0 aliphatic rings. The molecule has 3 rings (SSSR count). The van der Waals surface area contributed by atoms with Gasteiger partial charge in [0.05, 0.1) is 16.7 Å². The monoisotopic (exact) mass is 345 g/mol. The van der Waals surface area contributed by atoms with Crippen molar-refractivity contribution >= 4 is 15.9 Å². The fourth-order valence-electron chi connectivity index (χ4n) is 2.14. The highest BCUT2D eigenvalue weighted by atomic mass is 79.9. The number of hydrogen-bond acceptors (Lipinski definition) is 2. The van der Waals surface area contributed by atoms with Gasteiger partial charge in [0.25, 0.3) is 0 Å². The lowest BCUT2D eigenvalue weighted by molar-refractivity contribution is 0.623. The smallest absolute Gasteiger partial charge is 0.123 e. The molecule has 2 heterocycles. The van der Waals surface area contributed by atoms with Gasteiger partial charge in [-0.3, -0.25) is 9.67 Å². The summed E-state index contributed by atoms with van der Waals surface area (Å²) in [6, 6.07) is 10.3. The first kappa shape index (κ1) is 13.9. The molecule has 5 heteroatoms. The van der Waals surface area contributed by atoms with Gasteiger partial charge in [0.1, 0.15) is 11.5 Å².